The number of methoxy groups -OCH3 is 1. The van der Waals surface area contributed by atoms with Crippen LogP contribution in [0, 0.1) is 6.92 Å². The number of ether oxygens (including phenoxy) is 1. The Morgan fingerprint density at radius 3 is 2.36 bits per heavy atom. The van der Waals surface area contributed by atoms with Gasteiger partial charge in [0.25, 0.3) is 5.91 Å². The average molecular weight is 504 g/mol. The molecule has 1 aliphatic heterocycles. The van der Waals surface area contributed by atoms with Crippen LogP contribution in [0.4, 0.5) is 5.69 Å². The van der Waals surface area contributed by atoms with Gasteiger partial charge in [-0.1, -0.05) is 45.8 Å². The highest BCUT2D eigenvalue weighted by Gasteiger charge is 2.43. The van der Waals surface area contributed by atoms with Crippen molar-refractivity contribution in [1.29, 1.82) is 0 Å². The van der Waals surface area contributed by atoms with Crippen LogP contribution in [-0.2, 0) is 4.74 Å². The Bertz CT molecular complexity index is 1470. The number of amides is 1. The summed E-state index contributed by atoms with van der Waals surface area (Å²) < 4.78 is 11.5. The number of hydrogen-bond donors (Lipinski definition) is 0. The molecule has 1 unspecified atom stereocenters. The first kappa shape index (κ1) is 21.2. The number of benzene rings is 3. The average Bonchev–Trinajstić information content (AvgIpc) is 3.12. The highest BCUT2D eigenvalue weighted by atomic mass is 79.9. The molecular weight excluding hydrogens is 486 g/mol. The molecule has 4 aromatic rings. The van der Waals surface area contributed by atoms with Crippen molar-refractivity contribution in [3.8, 4) is 0 Å². The first-order chi connectivity index (χ1) is 15.9. The fourth-order valence-corrected chi connectivity index (χ4v) is 4.51. The van der Waals surface area contributed by atoms with Gasteiger partial charge in [0.1, 0.15) is 5.58 Å². The number of carbonyl (C=O) groups is 2. The number of carbonyl (C=O) groups excluding carboxylic acids is 2. The monoisotopic (exact) mass is 503 g/mol. The first-order valence-corrected chi connectivity index (χ1v) is 11.0. The van der Waals surface area contributed by atoms with Crippen molar-refractivity contribution in [2.45, 2.75) is 13.0 Å². The molecule has 6 nitrogen and oxygen atoms in total. The lowest BCUT2D eigenvalue weighted by atomic mass is 9.97. The first-order valence-electron chi connectivity index (χ1n) is 10.2. The smallest absolute Gasteiger partial charge is 0.337 e. The maximum atomic E-state index is 13.6. The molecule has 5 rings (SSSR count). The summed E-state index contributed by atoms with van der Waals surface area (Å²) in [6, 6.07) is 18.6. The van der Waals surface area contributed by atoms with Gasteiger partial charge in [-0.2, -0.15) is 0 Å². The van der Waals surface area contributed by atoms with Crippen LogP contribution in [0.5, 0.6) is 0 Å². The lowest BCUT2D eigenvalue weighted by Crippen LogP contribution is -2.29. The van der Waals surface area contributed by atoms with Crippen LogP contribution >= 0.6 is 15.9 Å². The molecule has 0 aliphatic carbocycles. The molecular formula is C26H18BrNO5. The van der Waals surface area contributed by atoms with Crippen molar-refractivity contribution in [1.82, 2.24) is 0 Å². The molecule has 0 radical (unpaired) electrons. The van der Waals surface area contributed by atoms with Gasteiger partial charge >= 0.3 is 5.97 Å². The van der Waals surface area contributed by atoms with Gasteiger partial charge < -0.3 is 9.15 Å². The summed E-state index contributed by atoms with van der Waals surface area (Å²) in [7, 11) is 1.32. The van der Waals surface area contributed by atoms with Gasteiger partial charge in [0.05, 0.1) is 29.7 Å². The fourth-order valence-electron chi connectivity index (χ4n) is 4.15. The number of rotatable bonds is 3. The van der Waals surface area contributed by atoms with Gasteiger partial charge in [-0.15, -0.1) is 0 Å². The summed E-state index contributed by atoms with van der Waals surface area (Å²) in [5.74, 6) is -0.828. The standard InChI is InChI=1S/C26H18BrNO5/c1-14-3-10-18(11-4-14)28-22(15-5-7-16(8-6-15)26(31)32-2)21-23(29)19-13-17(27)9-12-20(19)33-24(21)25(28)30/h3-13,22H,1-2H3. The number of anilines is 1. The van der Waals surface area contributed by atoms with E-state index in [9.17, 15) is 14.4 Å². The lowest BCUT2D eigenvalue weighted by molar-refractivity contribution is 0.0600. The predicted octanol–water partition coefficient (Wildman–Crippen LogP) is 5.40. The Labute approximate surface area is 197 Å². The third-order valence-corrected chi connectivity index (χ3v) is 6.29. The van der Waals surface area contributed by atoms with E-state index in [1.165, 1.54) is 7.11 Å². The minimum Gasteiger partial charge on any atom is -0.465 e. The van der Waals surface area contributed by atoms with E-state index in [2.05, 4.69) is 15.9 Å². The SMILES string of the molecule is COC(=O)c1ccc(C2c3c(oc4ccc(Br)cc4c3=O)C(=O)N2c2ccc(C)cc2)cc1. The molecule has 0 saturated heterocycles. The zero-order valence-electron chi connectivity index (χ0n) is 17.8. The Balaban J connectivity index is 1.76. The number of halogens is 1. The molecule has 0 saturated carbocycles. The molecule has 2 heterocycles. The van der Waals surface area contributed by atoms with Crippen LogP contribution in [-0.4, -0.2) is 19.0 Å². The third-order valence-electron chi connectivity index (χ3n) is 5.79. The molecule has 33 heavy (non-hydrogen) atoms. The summed E-state index contributed by atoms with van der Waals surface area (Å²) in [4.78, 5) is 40.6. The highest BCUT2D eigenvalue weighted by molar-refractivity contribution is 9.10. The summed E-state index contributed by atoms with van der Waals surface area (Å²) in [6.45, 7) is 1.96. The molecule has 7 heteroatoms. The molecule has 1 aromatic heterocycles. The minimum atomic E-state index is -0.707. The van der Waals surface area contributed by atoms with Crippen LogP contribution in [0.3, 0.4) is 0 Å². The summed E-state index contributed by atoms with van der Waals surface area (Å²) in [5.41, 5.74) is 3.10. The maximum absolute atomic E-state index is 13.6. The van der Waals surface area contributed by atoms with Crippen LogP contribution < -0.4 is 10.3 Å². The van der Waals surface area contributed by atoms with E-state index in [0.29, 0.717) is 27.8 Å². The zero-order valence-corrected chi connectivity index (χ0v) is 19.4. The Hall–Kier alpha value is -3.71. The Morgan fingerprint density at radius 1 is 1.00 bits per heavy atom. The summed E-state index contributed by atoms with van der Waals surface area (Å²) in [5, 5.41) is 0.387. The largest absolute Gasteiger partial charge is 0.465 e. The van der Waals surface area contributed by atoms with Gasteiger partial charge in [-0.3, -0.25) is 14.5 Å². The van der Waals surface area contributed by atoms with Gasteiger partial charge in [-0.25, -0.2) is 4.79 Å². The summed E-state index contributed by atoms with van der Waals surface area (Å²) in [6.07, 6.45) is 0. The van der Waals surface area contributed by atoms with E-state index in [0.717, 1.165) is 10.0 Å². The van der Waals surface area contributed by atoms with E-state index in [1.54, 1.807) is 47.4 Å². The molecule has 0 N–H and O–H groups in total. The molecule has 0 bridgehead atoms. The van der Waals surface area contributed by atoms with Crippen molar-refractivity contribution >= 4 is 44.5 Å². The van der Waals surface area contributed by atoms with E-state index < -0.39 is 17.9 Å². The van der Waals surface area contributed by atoms with Crippen molar-refractivity contribution in [3.63, 3.8) is 0 Å². The second-order valence-electron chi connectivity index (χ2n) is 7.84. The number of esters is 1. The molecule has 1 atom stereocenters. The maximum Gasteiger partial charge on any atom is 0.337 e. The van der Waals surface area contributed by atoms with Crippen molar-refractivity contribution in [2.75, 3.05) is 12.0 Å². The van der Waals surface area contributed by atoms with Gasteiger partial charge in [0.15, 0.2) is 5.43 Å². The van der Waals surface area contributed by atoms with Gasteiger partial charge in [0.2, 0.25) is 5.76 Å². The molecule has 0 spiro atoms. The number of hydrogen-bond acceptors (Lipinski definition) is 5. The second kappa shape index (κ2) is 8.01. The zero-order chi connectivity index (χ0) is 23.3. The van der Waals surface area contributed by atoms with Gasteiger partial charge in [-0.05, 0) is 55.0 Å². The van der Waals surface area contributed by atoms with E-state index >= 15 is 0 Å². The van der Waals surface area contributed by atoms with Crippen molar-refractivity contribution < 1.29 is 18.7 Å². The number of fused-ring (bicyclic) bond motifs is 2. The minimum absolute atomic E-state index is 0.0254. The number of aryl methyl sites for hydroxylation is 1. The van der Waals surface area contributed by atoms with Crippen molar-refractivity contribution in [3.05, 3.63) is 109 Å². The van der Waals surface area contributed by atoms with Crippen molar-refractivity contribution in [2.24, 2.45) is 0 Å². The Morgan fingerprint density at radius 2 is 1.70 bits per heavy atom. The Kier molecular flexibility index (Phi) is 5.13. The molecule has 1 aliphatic rings. The fraction of sp³-hybridized carbons (Fsp3) is 0.115. The van der Waals surface area contributed by atoms with E-state index in [-0.39, 0.29) is 16.8 Å². The topological polar surface area (TPSA) is 76.8 Å². The lowest BCUT2D eigenvalue weighted by Gasteiger charge is -2.25. The van der Waals surface area contributed by atoms with E-state index in [4.69, 9.17) is 9.15 Å². The van der Waals surface area contributed by atoms with Crippen LogP contribution in [0.2, 0.25) is 0 Å². The van der Waals surface area contributed by atoms with Crippen LogP contribution in [0.25, 0.3) is 11.0 Å². The quantitative estimate of drug-likeness (QED) is 0.349. The molecule has 0 fully saturated rings. The van der Waals surface area contributed by atoms with Gasteiger partial charge in [0, 0.05) is 10.2 Å². The third kappa shape index (κ3) is 3.45. The highest BCUT2D eigenvalue weighted by Crippen LogP contribution is 2.41. The predicted molar refractivity (Wildman–Crippen MR) is 128 cm³/mol. The van der Waals surface area contributed by atoms with E-state index in [1.807, 2.05) is 31.2 Å². The molecule has 3 aromatic carbocycles. The van der Waals surface area contributed by atoms with Crippen LogP contribution in [0.15, 0.2) is 80.4 Å². The normalized spacial score (nSPS) is 15.1. The van der Waals surface area contributed by atoms with Crippen LogP contribution in [0.1, 0.15) is 43.6 Å². The number of nitrogens with zero attached hydrogens (tertiary/aromatic N) is 1. The molecule has 1 amide bonds. The molecule has 164 valence electrons. The second-order valence-corrected chi connectivity index (χ2v) is 8.76. The summed E-state index contributed by atoms with van der Waals surface area (Å²) >= 11 is 3.40.